The number of carbonyl (C=O) groups excluding carboxylic acids is 1. The molecule has 0 aliphatic rings. The zero-order valence-electron chi connectivity index (χ0n) is 12.2. The molecule has 0 heterocycles. The van der Waals surface area contributed by atoms with Crippen LogP contribution >= 0.6 is 0 Å². The van der Waals surface area contributed by atoms with E-state index in [1.54, 1.807) is 24.3 Å². The highest BCUT2D eigenvalue weighted by Crippen LogP contribution is 2.15. The van der Waals surface area contributed by atoms with E-state index in [1.165, 1.54) is 0 Å². The highest BCUT2D eigenvalue weighted by molar-refractivity contribution is 5.92. The molecule has 0 saturated carbocycles. The van der Waals surface area contributed by atoms with Crippen molar-refractivity contribution in [2.45, 2.75) is 39.2 Å². The lowest BCUT2D eigenvalue weighted by atomic mass is 10.1. The van der Waals surface area contributed by atoms with Gasteiger partial charge in [-0.3, -0.25) is 9.59 Å². The molecule has 0 atom stereocenters. The number of rotatable bonds is 6. The molecule has 1 rings (SSSR count). The third-order valence-electron chi connectivity index (χ3n) is 2.64. The minimum absolute atomic E-state index is 0.0263. The largest absolute Gasteiger partial charge is 0.481 e. The van der Waals surface area contributed by atoms with E-state index in [-0.39, 0.29) is 17.9 Å². The van der Waals surface area contributed by atoms with Crippen molar-refractivity contribution in [3.8, 4) is 0 Å². The lowest BCUT2D eigenvalue weighted by Crippen LogP contribution is -2.37. The van der Waals surface area contributed by atoms with Crippen molar-refractivity contribution in [3.63, 3.8) is 0 Å². The Balaban J connectivity index is 2.55. The number of carboxylic acids is 1. The van der Waals surface area contributed by atoms with Crippen molar-refractivity contribution in [3.05, 3.63) is 29.8 Å². The zero-order chi connectivity index (χ0) is 15.2. The molecular formula is C15H22N2O3. The summed E-state index contributed by atoms with van der Waals surface area (Å²) in [5.74, 6) is -1.04. The Morgan fingerprint density at radius 2 is 1.85 bits per heavy atom. The minimum atomic E-state index is -0.916. The minimum Gasteiger partial charge on any atom is -0.481 e. The maximum Gasteiger partial charge on any atom is 0.307 e. The molecule has 20 heavy (non-hydrogen) atoms. The third-order valence-corrected chi connectivity index (χ3v) is 2.64. The summed E-state index contributed by atoms with van der Waals surface area (Å²) in [6.07, 6.45) is 0.245. The van der Waals surface area contributed by atoms with E-state index in [2.05, 4.69) is 10.6 Å². The van der Waals surface area contributed by atoms with Gasteiger partial charge in [-0.2, -0.15) is 0 Å². The first-order chi connectivity index (χ1) is 9.28. The number of anilines is 1. The Morgan fingerprint density at radius 1 is 1.20 bits per heavy atom. The lowest BCUT2D eigenvalue weighted by molar-refractivity contribution is -0.136. The molecule has 0 aromatic heterocycles. The number of carbonyl (C=O) groups is 2. The summed E-state index contributed by atoms with van der Waals surface area (Å²) in [6.45, 7) is 6.68. The molecule has 0 bridgehead atoms. The van der Waals surface area contributed by atoms with Crippen molar-refractivity contribution < 1.29 is 14.7 Å². The van der Waals surface area contributed by atoms with Crippen LogP contribution in [0, 0.1) is 0 Å². The standard InChI is InChI=1S/C15H22N2O3/c1-15(2,3)16-9-8-13(18)17-12-7-5-4-6-11(12)10-14(19)20/h4-7,16H,8-10H2,1-3H3,(H,17,18)(H,19,20). The van der Waals surface area contributed by atoms with Crippen molar-refractivity contribution in [2.24, 2.45) is 0 Å². The number of hydrogen-bond donors (Lipinski definition) is 3. The van der Waals surface area contributed by atoms with Crippen LogP contribution in [0.15, 0.2) is 24.3 Å². The van der Waals surface area contributed by atoms with Crippen LogP contribution in [0.25, 0.3) is 0 Å². The second-order valence-electron chi connectivity index (χ2n) is 5.70. The molecule has 1 amide bonds. The van der Waals surface area contributed by atoms with Crippen molar-refractivity contribution in [2.75, 3.05) is 11.9 Å². The van der Waals surface area contributed by atoms with Crippen LogP contribution < -0.4 is 10.6 Å². The number of para-hydroxylation sites is 1. The molecule has 1 aromatic carbocycles. The molecule has 5 nitrogen and oxygen atoms in total. The molecular weight excluding hydrogens is 256 g/mol. The summed E-state index contributed by atoms with van der Waals surface area (Å²) in [5, 5.41) is 14.8. The van der Waals surface area contributed by atoms with Gasteiger partial charge in [0.25, 0.3) is 0 Å². The summed E-state index contributed by atoms with van der Waals surface area (Å²) in [4.78, 5) is 22.6. The van der Waals surface area contributed by atoms with Gasteiger partial charge < -0.3 is 15.7 Å². The summed E-state index contributed by atoms with van der Waals surface area (Å²) in [7, 11) is 0. The van der Waals surface area contributed by atoms with Gasteiger partial charge in [0, 0.05) is 24.2 Å². The number of hydrogen-bond acceptors (Lipinski definition) is 3. The number of carboxylic acid groups (broad SMARTS) is 1. The Labute approximate surface area is 119 Å². The molecule has 0 spiro atoms. The Hall–Kier alpha value is -1.88. The molecule has 0 aliphatic carbocycles. The fraction of sp³-hybridized carbons (Fsp3) is 0.467. The number of nitrogens with one attached hydrogen (secondary N) is 2. The lowest BCUT2D eigenvalue weighted by Gasteiger charge is -2.20. The SMILES string of the molecule is CC(C)(C)NCCC(=O)Nc1ccccc1CC(=O)O. The van der Waals surface area contributed by atoms with Gasteiger partial charge in [-0.15, -0.1) is 0 Å². The molecule has 3 N–H and O–H groups in total. The summed E-state index contributed by atoms with van der Waals surface area (Å²) in [6, 6.07) is 6.95. The van der Waals surface area contributed by atoms with Crippen LogP contribution in [0.1, 0.15) is 32.8 Å². The van der Waals surface area contributed by atoms with Gasteiger partial charge in [-0.05, 0) is 32.4 Å². The summed E-state index contributed by atoms with van der Waals surface area (Å²) in [5.41, 5.74) is 1.15. The van der Waals surface area contributed by atoms with Gasteiger partial charge >= 0.3 is 5.97 Å². The van der Waals surface area contributed by atoms with Crippen LogP contribution in [0.2, 0.25) is 0 Å². The Kier molecular flexibility index (Phi) is 5.70. The predicted octanol–water partition coefficient (Wildman–Crippen LogP) is 2.03. The highest BCUT2D eigenvalue weighted by Gasteiger charge is 2.11. The maximum absolute atomic E-state index is 11.8. The molecule has 0 aliphatic heterocycles. The van der Waals surface area contributed by atoms with E-state index in [1.807, 2.05) is 20.8 Å². The second-order valence-corrected chi connectivity index (χ2v) is 5.70. The van der Waals surface area contributed by atoms with Gasteiger partial charge in [-0.25, -0.2) is 0 Å². The van der Waals surface area contributed by atoms with Gasteiger partial charge in [0.15, 0.2) is 0 Å². The highest BCUT2D eigenvalue weighted by atomic mass is 16.4. The van der Waals surface area contributed by atoms with Crippen LogP contribution in [0.4, 0.5) is 5.69 Å². The molecule has 110 valence electrons. The molecule has 0 radical (unpaired) electrons. The van der Waals surface area contributed by atoms with Crippen LogP contribution in [-0.2, 0) is 16.0 Å². The van der Waals surface area contributed by atoms with Gasteiger partial charge in [-0.1, -0.05) is 18.2 Å². The van der Waals surface area contributed by atoms with Crippen LogP contribution in [0.3, 0.4) is 0 Å². The van der Waals surface area contributed by atoms with Crippen LogP contribution in [-0.4, -0.2) is 29.1 Å². The Morgan fingerprint density at radius 3 is 2.45 bits per heavy atom. The molecule has 5 heteroatoms. The number of amides is 1. The fourth-order valence-electron chi connectivity index (χ4n) is 1.72. The molecule has 0 fully saturated rings. The van der Waals surface area contributed by atoms with E-state index in [9.17, 15) is 9.59 Å². The fourth-order valence-corrected chi connectivity index (χ4v) is 1.72. The van der Waals surface area contributed by atoms with E-state index in [0.29, 0.717) is 24.2 Å². The van der Waals surface area contributed by atoms with Gasteiger partial charge in [0.2, 0.25) is 5.91 Å². The quantitative estimate of drug-likeness (QED) is 0.744. The van der Waals surface area contributed by atoms with Crippen molar-refractivity contribution >= 4 is 17.6 Å². The predicted molar refractivity (Wildman–Crippen MR) is 78.8 cm³/mol. The van der Waals surface area contributed by atoms with Crippen molar-refractivity contribution in [1.82, 2.24) is 5.32 Å². The molecule has 1 aromatic rings. The van der Waals surface area contributed by atoms with Crippen LogP contribution in [0.5, 0.6) is 0 Å². The van der Waals surface area contributed by atoms with Gasteiger partial charge in [0.1, 0.15) is 0 Å². The van der Waals surface area contributed by atoms with E-state index in [0.717, 1.165) is 0 Å². The normalized spacial score (nSPS) is 11.2. The number of aliphatic carboxylic acids is 1. The van der Waals surface area contributed by atoms with E-state index < -0.39 is 5.97 Å². The third kappa shape index (κ3) is 6.33. The first kappa shape index (κ1) is 16.2. The Bertz CT molecular complexity index is 478. The smallest absolute Gasteiger partial charge is 0.307 e. The van der Waals surface area contributed by atoms with Crippen molar-refractivity contribution in [1.29, 1.82) is 0 Å². The molecule has 0 unspecified atom stereocenters. The average molecular weight is 278 g/mol. The first-order valence-electron chi connectivity index (χ1n) is 6.62. The number of benzene rings is 1. The van der Waals surface area contributed by atoms with E-state index >= 15 is 0 Å². The zero-order valence-corrected chi connectivity index (χ0v) is 12.2. The first-order valence-corrected chi connectivity index (χ1v) is 6.62. The maximum atomic E-state index is 11.8. The summed E-state index contributed by atoms with van der Waals surface area (Å²) < 4.78 is 0. The average Bonchev–Trinajstić information content (AvgIpc) is 2.29. The van der Waals surface area contributed by atoms with E-state index in [4.69, 9.17) is 5.11 Å². The topological polar surface area (TPSA) is 78.4 Å². The summed E-state index contributed by atoms with van der Waals surface area (Å²) >= 11 is 0. The second kappa shape index (κ2) is 7.05. The molecule has 0 saturated heterocycles. The van der Waals surface area contributed by atoms with Gasteiger partial charge in [0.05, 0.1) is 6.42 Å². The monoisotopic (exact) mass is 278 g/mol.